The molecule has 0 atom stereocenters. The Kier molecular flexibility index (Phi) is 4.93. The summed E-state index contributed by atoms with van der Waals surface area (Å²) in [6.45, 7) is 5.45. The number of allylic oxidation sites excluding steroid dienone is 4. The molecule has 0 amide bonds. The van der Waals surface area contributed by atoms with Crippen LogP contribution in [0.3, 0.4) is 0 Å². The number of hydrogen-bond donors (Lipinski definition) is 0. The van der Waals surface area contributed by atoms with Gasteiger partial charge in [0.05, 0.1) is 10.6 Å². The molecular weight excluding hydrogens is 302 g/mol. The van der Waals surface area contributed by atoms with E-state index in [4.69, 9.17) is 16.4 Å². The van der Waals surface area contributed by atoms with Crippen molar-refractivity contribution < 1.29 is 14.4 Å². The molecule has 0 saturated heterocycles. The Hall–Kier alpha value is -2.20. The van der Waals surface area contributed by atoms with Crippen LogP contribution in [-0.2, 0) is 9.63 Å². The number of hydrogen-bond acceptors (Lipinski definition) is 4. The molecule has 0 radical (unpaired) electrons. The Labute approximate surface area is 134 Å². The molecule has 4 nitrogen and oxygen atoms in total. The first-order valence-corrected chi connectivity index (χ1v) is 7.27. The fourth-order valence-electron chi connectivity index (χ4n) is 1.97. The van der Waals surface area contributed by atoms with Crippen LogP contribution in [0, 0.1) is 5.92 Å². The van der Waals surface area contributed by atoms with Gasteiger partial charge >= 0.3 is 5.97 Å². The lowest BCUT2D eigenvalue weighted by atomic mass is 9.90. The van der Waals surface area contributed by atoms with E-state index in [0.717, 1.165) is 0 Å². The summed E-state index contributed by atoms with van der Waals surface area (Å²) < 4.78 is 0. The number of Topliss-reactive ketones (excluding diaryl/α,β-unsaturated/α-hetero) is 1. The summed E-state index contributed by atoms with van der Waals surface area (Å²) in [4.78, 5) is 28.9. The summed E-state index contributed by atoms with van der Waals surface area (Å²) >= 11 is 6.05. The molecule has 0 spiro atoms. The van der Waals surface area contributed by atoms with Crippen LogP contribution in [0.4, 0.5) is 0 Å². The van der Waals surface area contributed by atoms with Crippen molar-refractivity contribution >= 4 is 29.1 Å². The SMILES string of the molecule is CC1=C(Cl)C(=O)C(C(C)C)=C/C1=N/OC(=O)c1ccccc1. The quantitative estimate of drug-likeness (QED) is 0.483. The van der Waals surface area contributed by atoms with Crippen LogP contribution in [0.25, 0.3) is 0 Å². The van der Waals surface area contributed by atoms with Gasteiger partial charge in [-0.05, 0) is 31.1 Å². The fraction of sp³-hybridized carbons (Fsp3) is 0.235. The topological polar surface area (TPSA) is 55.7 Å². The highest BCUT2D eigenvalue weighted by Crippen LogP contribution is 2.27. The summed E-state index contributed by atoms with van der Waals surface area (Å²) in [5, 5.41) is 3.97. The predicted octanol–water partition coefficient (Wildman–Crippen LogP) is 3.88. The Morgan fingerprint density at radius 2 is 1.86 bits per heavy atom. The van der Waals surface area contributed by atoms with Crippen LogP contribution in [0.2, 0.25) is 0 Å². The van der Waals surface area contributed by atoms with E-state index in [-0.39, 0.29) is 16.7 Å². The Bertz CT molecular complexity index is 700. The van der Waals surface area contributed by atoms with Crippen LogP contribution in [0.15, 0.2) is 57.7 Å². The molecule has 0 aromatic heterocycles. The molecule has 0 heterocycles. The number of carbonyl (C=O) groups excluding carboxylic acids is 2. The summed E-state index contributed by atoms with van der Waals surface area (Å²) in [6.07, 6.45) is 1.62. The average Bonchev–Trinajstić information content (AvgIpc) is 2.52. The van der Waals surface area contributed by atoms with Crippen molar-refractivity contribution in [3.8, 4) is 0 Å². The first kappa shape index (κ1) is 16.2. The normalized spacial score (nSPS) is 17.0. The van der Waals surface area contributed by atoms with Crippen molar-refractivity contribution in [1.82, 2.24) is 0 Å². The van der Waals surface area contributed by atoms with Crippen molar-refractivity contribution in [3.63, 3.8) is 0 Å². The largest absolute Gasteiger partial charge is 0.365 e. The summed E-state index contributed by atoms with van der Waals surface area (Å²) in [6, 6.07) is 8.55. The average molecular weight is 318 g/mol. The van der Waals surface area contributed by atoms with Gasteiger partial charge in [0.2, 0.25) is 5.78 Å². The monoisotopic (exact) mass is 317 g/mol. The van der Waals surface area contributed by atoms with Crippen molar-refractivity contribution in [1.29, 1.82) is 0 Å². The van der Waals surface area contributed by atoms with Gasteiger partial charge in [0, 0.05) is 11.1 Å². The summed E-state index contributed by atoms with van der Waals surface area (Å²) in [7, 11) is 0. The highest BCUT2D eigenvalue weighted by molar-refractivity contribution is 6.49. The molecule has 22 heavy (non-hydrogen) atoms. The third-order valence-corrected chi connectivity index (χ3v) is 3.78. The number of rotatable bonds is 3. The molecule has 0 saturated carbocycles. The van der Waals surface area contributed by atoms with Crippen LogP contribution in [0.5, 0.6) is 0 Å². The molecule has 1 aliphatic carbocycles. The standard InChI is InChI=1S/C17H16ClNO3/c1-10(2)13-9-14(11(3)15(18)16(13)20)19-22-17(21)12-7-5-4-6-8-12/h4-10H,1-3H3/b19-14-. The fourth-order valence-corrected chi connectivity index (χ4v) is 2.18. The Morgan fingerprint density at radius 1 is 1.23 bits per heavy atom. The molecule has 2 rings (SSSR count). The van der Waals surface area contributed by atoms with Crippen LogP contribution in [-0.4, -0.2) is 17.5 Å². The smallest absolute Gasteiger partial charge is 0.312 e. The number of benzene rings is 1. The number of oxime groups is 1. The van der Waals surface area contributed by atoms with Crippen molar-refractivity contribution in [2.75, 3.05) is 0 Å². The second kappa shape index (κ2) is 6.71. The number of nitrogens with zero attached hydrogens (tertiary/aromatic N) is 1. The van der Waals surface area contributed by atoms with Gasteiger partial charge in [0.15, 0.2) is 0 Å². The summed E-state index contributed by atoms with van der Waals surface area (Å²) in [5.41, 5.74) is 1.83. The van der Waals surface area contributed by atoms with E-state index in [1.807, 2.05) is 13.8 Å². The van der Waals surface area contributed by atoms with E-state index in [9.17, 15) is 9.59 Å². The van der Waals surface area contributed by atoms with E-state index in [1.54, 1.807) is 43.3 Å². The van der Waals surface area contributed by atoms with Gasteiger partial charge in [0.25, 0.3) is 0 Å². The molecule has 0 fully saturated rings. The zero-order valence-corrected chi connectivity index (χ0v) is 13.3. The maximum atomic E-state index is 12.1. The lowest BCUT2D eigenvalue weighted by Crippen LogP contribution is -2.19. The highest BCUT2D eigenvalue weighted by atomic mass is 35.5. The van der Waals surface area contributed by atoms with E-state index >= 15 is 0 Å². The molecule has 0 bridgehead atoms. The molecule has 0 aliphatic heterocycles. The minimum atomic E-state index is -0.562. The minimum Gasteiger partial charge on any atom is -0.312 e. The lowest BCUT2D eigenvalue weighted by Gasteiger charge is -2.17. The van der Waals surface area contributed by atoms with Gasteiger partial charge in [-0.15, -0.1) is 0 Å². The molecule has 1 aliphatic rings. The van der Waals surface area contributed by atoms with Gasteiger partial charge in [-0.3, -0.25) is 4.79 Å². The molecule has 114 valence electrons. The zero-order valence-electron chi connectivity index (χ0n) is 12.6. The molecule has 5 heteroatoms. The third kappa shape index (κ3) is 3.34. The minimum absolute atomic E-state index is 0.00405. The summed E-state index contributed by atoms with van der Waals surface area (Å²) in [5.74, 6) is -0.764. The highest BCUT2D eigenvalue weighted by Gasteiger charge is 2.26. The van der Waals surface area contributed by atoms with Gasteiger partial charge in [-0.25, -0.2) is 4.79 Å². The number of halogens is 1. The van der Waals surface area contributed by atoms with Gasteiger partial charge in [-0.2, -0.15) is 0 Å². The molecule has 0 unspecified atom stereocenters. The Morgan fingerprint density at radius 3 is 2.45 bits per heavy atom. The van der Waals surface area contributed by atoms with E-state index in [1.165, 1.54) is 0 Å². The van der Waals surface area contributed by atoms with Crippen molar-refractivity contribution in [3.05, 3.63) is 58.1 Å². The van der Waals surface area contributed by atoms with E-state index < -0.39 is 5.97 Å². The second-order valence-electron chi connectivity index (χ2n) is 5.24. The van der Waals surface area contributed by atoms with Gasteiger partial charge in [0.1, 0.15) is 5.71 Å². The van der Waals surface area contributed by atoms with Gasteiger partial charge < -0.3 is 4.84 Å². The molecule has 1 aromatic carbocycles. The number of ketones is 1. The van der Waals surface area contributed by atoms with Crippen LogP contribution in [0.1, 0.15) is 31.1 Å². The van der Waals surface area contributed by atoms with Crippen LogP contribution >= 0.6 is 11.6 Å². The first-order chi connectivity index (χ1) is 10.4. The molecular formula is C17H16ClNO3. The van der Waals surface area contributed by atoms with E-state index in [2.05, 4.69) is 5.16 Å². The van der Waals surface area contributed by atoms with Gasteiger partial charge in [-0.1, -0.05) is 48.8 Å². The lowest BCUT2D eigenvalue weighted by molar-refractivity contribution is -0.112. The molecule has 1 aromatic rings. The maximum absolute atomic E-state index is 12.1. The van der Waals surface area contributed by atoms with E-state index in [0.29, 0.717) is 22.4 Å². The second-order valence-corrected chi connectivity index (χ2v) is 5.62. The molecule has 0 N–H and O–H groups in total. The first-order valence-electron chi connectivity index (χ1n) is 6.89. The zero-order chi connectivity index (χ0) is 16.3. The third-order valence-electron chi connectivity index (χ3n) is 3.33. The number of carbonyl (C=O) groups is 2. The Balaban J connectivity index is 2.26. The van der Waals surface area contributed by atoms with Crippen molar-refractivity contribution in [2.24, 2.45) is 11.1 Å². The maximum Gasteiger partial charge on any atom is 0.365 e. The predicted molar refractivity (Wildman–Crippen MR) is 85.8 cm³/mol. The van der Waals surface area contributed by atoms with Crippen LogP contribution < -0.4 is 0 Å². The van der Waals surface area contributed by atoms with Crippen molar-refractivity contribution in [2.45, 2.75) is 20.8 Å².